The van der Waals surface area contributed by atoms with Crippen LogP contribution in [-0.4, -0.2) is 27.2 Å². The SMILES string of the molecule is OCC1CCC(Oc2nc(C(F)(F)F)ns2)CC1. The van der Waals surface area contributed by atoms with E-state index in [2.05, 4.69) is 9.36 Å². The number of rotatable bonds is 3. The van der Waals surface area contributed by atoms with Crippen LogP contribution < -0.4 is 4.74 Å². The van der Waals surface area contributed by atoms with Crippen LogP contribution in [0.4, 0.5) is 13.2 Å². The van der Waals surface area contributed by atoms with E-state index in [0.29, 0.717) is 11.5 Å². The van der Waals surface area contributed by atoms with Gasteiger partial charge in [-0.3, -0.25) is 0 Å². The first-order chi connectivity index (χ1) is 8.49. The molecule has 0 spiro atoms. The molecule has 1 aliphatic carbocycles. The van der Waals surface area contributed by atoms with Gasteiger partial charge in [-0.15, -0.1) is 0 Å². The number of aliphatic hydroxyl groups excluding tert-OH is 1. The van der Waals surface area contributed by atoms with Crippen molar-refractivity contribution in [3.63, 3.8) is 0 Å². The Morgan fingerprint density at radius 2 is 1.94 bits per heavy atom. The molecule has 0 unspecified atom stereocenters. The fourth-order valence-corrected chi connectivity index (χ4v) is 2.56. The second-order valence-corrected chi connectivity index (χ2v) is 5.04. The molecule has 8 heteroatoms. The third kappa shape index (κ3) is 3.32. The number of hydrogen-bond acceptors (Lipinski definition) is 5. The highest BCUT2D eigenvalue weighted by atomic mass is 32.1. The van der Waals surface area contributed by atoms with E-state index in [1.807, 2.05) is 0 Å². The molecule has 1 aromatic heterocycles. The number of hydrogen-bond donors (Lipinski definition) is 1. The number of nitrogens with zero attached hydrogens (tertiary/aromatic N) is 2. The summed E-state index contributed by atoms with van der Waals surface area (Å²) in [5, 5.41) is 8.94. The van der Waals surface area contributed by atoms with Crippen LogP contribution in [-0.2, 0) is 6.18 Å². The minimum absolute atomic E-state index is 0.0326. The Labute approximate surface area is 106 Å². The zero-order valence-electron chi connectivity index (χ0n) is 9.48. The van der Waals surface area contributed by atoms with Gasteiger partial charge in [0.25, 0.3) is 11.0 Å². The van der Waals surface area contributed by atoms with Crippen LogP contribution in [0, 0.1) is 5.92 Å². The quantitative estimate of drug-likeness (QED) is 0.925. The van der Waals surface area contributed by atoms with Crippen LogP contribution >= 0.6 is 11.5 Å². The maximum Gasteiger partial charge on any atom is 0.452 e. The van der Waals surface area contributed by atoms with Crippen molar-refractivity contribution in [1.29, 1.82) is 0 Å². The van der Waals surface area contributed by atoms with Gasteiger partial charge in [-0.05, 0) is 31.6 Å². The van der Waals surface area contributed by atoms with E-state index in [1.54, 1.807) is 0 Å². The van der Waals surface area contributed by atoms with Crippen LogP contribution in [0.25, 0.3) is 0 Å². The van der Waals surface area contributed by atoms with Crippen molar-refractivity contribution >= 4 is 11.5 Å². The van der Waals surface area contributed by atoms with Crippen LogP contribution in [0.15, 0.2) is 0 Å². The Balaban J connectivity index is 1.89. The molecular formula is C10H13F3N2O2S. The normalized spacial score (nSPS) is 25.1. The fourth-order valence-electron chi connectivity index (χ4n) is 1.95. The third-order valence-corrected chi connectivity index (χ3v) is 3.59. The number of aromatic nitrogens is 2. The van der Waals surface area contributed by atoms with E-state index in [1.165, 1.54) is 0 Å². The van der Waals surface area contributed by atoms with Gasteiger partial charge in [-0.1, -0.05) is 0 Å². The lowest BCUT2D eigenvalue weighted by molar-refractivity contribution is -0.144. The molecule has 0 saturated heterocycles. The Hall–Kier alpha value is -0.890. The molecule has 1 heterocycles. The van der Waals surface area contributed by atoms with Gasteiger partial charge in [0.2, 0.25) is 0 Å². The van der Waals surface area contributed by atoms with E-state index in [0.717, 1.165) is 25.7 Å². The zero-order chi connectivity index (χ0) is 13.2. The van der Waals surface area contributed by atoms with Crippen molar-refractivity contribution < 1.29 is 23.0 Å². The lowest BCUT2D eigenvalue weighted by atomic mass is 9.88. The molecule has 0 aromatic carbocycles. The van der Waals surface area contributed by atoms with Crippen molar-refractivity contribution in [2.75, 3.05) is 6.61 Å². The predicted octanol–water partition coefficient (Wildman–Crippen LogP) is 2.49. The summed E-state index contributed by atoms with van der Waals surface area (Å²) in [7, 11) is 0. The molecule has 1 saturated carbocycles. The Morgan fingerprint density at radius 3 is 2.44 bits per heavy atom. The highest BCUT2D eigenvalue weighted by Crippen LogP contribution is 2.32. The van der Waals surface area contributed by atoms with Crippen molar-refractivity contribution in [3.05, 3.63) is 5.82 Å². The molecule has 0 aliphatic heterocycles. The molecule has 2 rings (SSSR count). The summed E-state index contributed by atoms with van der Waals surface area (Å²) in [6.07, 6.45) is -1.54. The van der Waals surface area contributed by atoms with E-state index >= 15 is 0 Å². The molecule has 0 atom stereocenters. The van der Waals surface area contributed by atoms with E-state index < -0.39 is 12.0 Å². The van der Waals surface area contributed by atoms with Gasteiger partial charge < -0.3 is 9.84 Å². The maximum absolute atomic E-state index is 12.3. The summed E-state index contributed by atoms with van der Waals surface area (Å²) in [6, 6.07) is 0. The zero-order valence-corrected chi connectivity index (χ0v) is 10.3. The average molecular weight is 282 g/mol. The molecule has 1 N–H and O–H groups in total. The molecule has 0 bridgehead atoms. The highest BCUT2D eigenvalue weighted by Gasteiger charge is 2.36. The van der Waals surface area contributed by atoms with Crippen LogP contribution in [0.5, 0.6) is 5.19 Å². The topological polar surface area (TPSA) is 55.2 Å². The minimum atomic E-state index is -4.52. The number of aliphatic hydroxyl groups is 1. The molecule has 102 valence electrons. The van der Waals surface area contributed by atoms with Crippen molar-refractivity contribution in [2.45, 2.75) is 38.0 Å². The number of alkyl halides is 3. The van der Waals surface area contributed by atoms with Crippen molar-refractivity contribution in [1.82, 2.24) is 9.36 Å². The van der Waals surface area contributed by atoms with Gasteiger partial charge in [0, 0.05) is 18.1 Å². The first kappa shape index (κ1) is 13.5. The van der Waals surface area contributed by atoms with Gasteiger partial charge in [-0.2, -0.15) is 22.5 Å². The summed E-state index contributed by atoms with van der Waals surface area (Å²) in [5.41, 5.74) is 0. The number of halogens is 3. The molecule has 1 aromatic rings. The summed E-state index contributed by atoms with van der Waals surface area (Å²) in [6.45, 7) is 0.156. The van der Waals surface area contributed by atoms with E-state index in [-0.39, 0.29) is 23.8 Å². The molecule has 4 nitrogen and oxygen atoms in total. The van der Waals surface area contributed by atoms with Gasteiger partial charge in [0.15, 0.2) is 0 Å². The van der Waals surface area contributed by atoms with Gasteiger partial charge >= 0.3 is 6.18 Å². The van der Waals surface area contributed by atoms with Crippen LogP contribution in [0.2, 0.25) is 0 Å². The Bertz CT molecular complexity index is 389. The van der Waals surface area contributed by atoms with E-state index in [9.17, 15) is 13.2 Å². The molecule has 1 aliphatic rings. The summed E-state index contributed by atoms with van der Waals surface area (Å²) in [5.74, 6) is -0.864. The standard InChI is InChI=1S/C10H13F3N2O2S/c11-10(12,13)8-14-9(18-15-8)17-7-3-1-6(5-16)2-4-7/h6-7,16H,1-5H2. The first-order valence-electron chi connectivity index (χ1n) is 5.67. The average Bonchev–Trinajstić information content (AvgIpc) is 2.78. The smallest absolute Gasteiger partial charge is 0.452 e. The Kier molecular flexibility index (Phi) is 4.06. The van der Waals surface area contributed by atoms with Crippen LogP contribution in [0.3, 0.4) is 0 Å². The predicted molar refractivity (Wildman–Crippen MR) is 58.4 cm³/mol. The molecule has 0 amide bonds. The monoisotopic (exact) mass is 282 g/mol. The second-order valence-electron chi connectivity index (χ2n) is 4.32. The minimum Gasteiger partial charge on any atom is -0.466 e. The van der Waals surface area contributed by atoms with Gasteiger partial charge in [0.05, 0.1) is 0 Å². The third-order valence-electron chi connectivity index (χ3n) is 2.98. The lowest BCUT2D eigenvalue weighted by Crippen LogP contribution is -2.25. The Morgan fingerprint density at radius 1 is 1.28 bits per heavy atom. The van der Waals surface area contributed by atoms with Gasteiger partial charge in [-0.25, -0.2) is 0 Å². The largest absolute Gasteiger partial charge is 0.466 e. The summed E-state index contributed by atoms with van der Waals surface area (Å²) < 4.78 is 45.4. The first-order valence-corrected chi connectivity index (χ1v) is 6.45. The van der Waals surface area contributed by atoms with Crippen molar-refractivity contribution in [2.24, 2.45) is 5.92 Å². The maximum atomic E-state index is 12.3. The molecule has 1 fully saturated rings. The van der Waals surface area contributed by atoms with Crippen LogP contribution in [0.1, 0.15) is 31.5 Å². The summed E-state index contributed by atoms with van der Waals surface area (Å²) >= 11 is 0.624. The fraction of sp³-hybridized carbons (Fsp3) is 0.800. The summed E-state index contributed by atoms with van der Waals surface area (Å²) in [4.78, 5) is 3.33. The molecule has 18 heavy (non-hydrogen) atoms. The highest BCUT2D eigenvalue weighted by molar-refractivity contribution is 7.07. The lowest BCUT2D eigenvalue weighted by Gasteiger charge is -2.26. The van der Waals surface area contributed by atoms with Gasteiger partial charge in [0.1, 0.15) is 6.10 Å². The number of ether oxygens (including phenoxy) is 1. The van der Waals surface area contributed by atoms with E-state index in [4.69, 9.17) is 9.84 Å². The molecule has 0 radical (unpaired) electrons. The van der Waals surface area contributed by atoms with Crippen molar-refractivity contribution in [3.8, 4) is 5.19 Å². The molecular weight excluding hydrogens is 269 g/mol. The second kappa shape index (κ2) is 5.40.